The predicted octanol–water partition coefficient (Wildman–Crippen LogP) is 4.31. The number of aliphatic carboxylic acids is 2. The minimum atomic E-state index is -1.26. The summed E-state index contributed by atoms with van der Waals surface area (Å²) in [6.45, 7) is 11.0. The summed E-state index contributed by atoms with van der Waals surface area (Å²) in [6, 6.07) is 6.55. The van der Waals surface area contributed by atoms with Crippen LogP contribution >= 0.6 is 23.2 Å². The Labute approximate surface area is 182 Å². The monoisotopic (exact) mass is 444 g/mol. The van der Waals surface area contributed by atoms with Gasteiger partial charge in [0, 0.05) is 31.3 Å². The van der Waals surface area contributed by atoms with Crippen molar-refractivity contribution in [2.24, 2.45) is 5.41 Å². The highest BCUT2D eigenvalue weighted by Gasteiger charge is 2.26. The van der Waals surface area contributed by atoms with Gasteiger partial charge in [-0.05, 0) is 43.0 Å². The van der Waals surface area contributed by atoms with E-state index in [9.17, 15) is 9.59 Å². The molecule has 0 radical (unpaired) electrons. The van der Waals surface area contributed by atoms with Crippen molar-refractivity contribution in [3.05, 3.63) is 46.0 Å². The number of benzene rings is 1. The second-order valence-electron chi connectivity index (χ2n) is 8.17. The lowest BCUT2D eigenvalue weighted by Crippen LogP contribution is -2.45. The zero-order chi connectivity index (χ0) is 22.0. The zero-order valence-corrected chi connectivity index (χ0v) is 18.6. The molecule has 0 saturated carbocycles. The summed E-state index contributed by atoms with van der Waals surface area (Å²) in [7, 11) is 0. The van der Waals surface area contributed by atoms with E-state index in [1.165, 1.54) is 12.8 Å². The quantitative estimate of drug-likeness (QED) is 0.566. The highest BCUT2D eigenvalue weighted by molar-refractivity contribution is 6.42. The van der Waals surface area contributed by atoms with Gasteiger partial charge < -0.3 is 15.5 Å². The van der Waals surface area contributed by atoms with Crippen LogP contribution in [0, 0.1) is 5.41 Å². The van der Waals surface area contributed by atoms with Crippen molar-refractivity contribution in [3.63, 3.8) is 0 Å². The summed E-state index contributed by atoms with van der Waals surface area (Å²) in [4.78, 5) is 21.7. The first-order valence-corrected chi connectivity index (χ1v) is 10.3. The number of rotatable bonds is 6. The number of hydrogen-bond acceptors (Lipinski definition) is 4. The molecule has 0 aromatic heterocycles. The normalized spacial score (nSPS) is 15.2. The van der Waals surface area contributed by atoms with Gasteiger partial charge in [0.15, 0.2) is 0 Å². The molecule has 2 rings (SSSR count). The smallest absolute Gasteiger partial charge is 0.328 e. The second kappa shape index (κ2) is 12.2. The first-order chi connectivity index (χ1) is 13.5. The first-order valence-electron chi connectivity index (χ1n) is 9.51. The molecule has 162 valence electrons. The summed E-state index contributed by atoms with van der Waals surface area (Å²) in [5, 5.41) is 20.4. The molecule has 29 heavy (non-hydrogen) atoms. The molecule has 6 nitrogen and oxygen atoms in total. The summed E-state index contributed by atoms with van der Waals surface area (Å²) < 4.78 is 0. The van der Waals surface area contributed by atoms with Crippen LogP contribution in [0.4, 0.5) is 0 Å². The fourth-order valence-electron chi connectivity index (χ4n) is 3.13. The van der Waals surface area contributed by atoms with Crippen molar-refractivity contribution in [3.8, 4) is 0 Å². The van der Waals surface area contributed by atoms with Gasteiger partial charge in [-0.3, -0.25) is 4.90 Å². The van der Waals surface area contributed by atoms with Crippen molar-refractivity contribution in [1.29, 1.82) is 0 Å². The number of nitrogens with one attached hydrogen (secondary N) is 1. The summed E-state index contributed by atoms with van der Waals surface area (Å²) in [6.07, 6.45) is 3.52. The molecule has 1 aliphatic heterocycles. The third-order valence-corrected chi connectivity index (χ3v) is 5.13. The number of piperidine rings is 1. The minimum absolute atomic E-state index is 0.274. The van der Waals surface area contributed by atoms with Crippen LogP contribution in [0.3, 0.4) is 0 Å². The molecular formula is C21H30Cl2N2O4. The van der Waals surface area contributed by atoms with E-state index in [2.05, 4.69) is 37.1 Å². The highest BCUT2D eigenvalue weighted by Crippen LogP contribution is 2.29. The standard InChI is InChI=1S/C17H26Cl2N2.C4H4O4/c1-17(2,3)12-21(14-7-9-20-10-8-14)11-13-5-4-6-15(18)16(13)19;5-3(6)1-2-4(7)8/h4-6,14,20H,7-12H2,1-3H3;1-2H,(H,5,6)(H,7,8)/b;2-1+. The molecule has 0 atom stereocenters. The highest BCUT2D eigenvalue weighted by atomic mass is 35.5. The summed E-state index contributed by atoms with van der Waals surface area (Å²) >= 11 is 12.5. The lowest BCUT2D eigenvalue weighted by atomic mass is 9.93. The Morgan fingerprint density at radius 3 is 2.17 bits per heavy atom. The fourth-order valence-corrected chi connectivity index (χ4v) is 3.51. The molecule has 1 saturated heterocycles. The Morgan fingerprint density at radius 1 is 1.14 bits per heavy atom. The van der Waals surface area contributed by atoms with Crippen molar-refractivity contribution in [2.75, 3.05) is 19.6 Å². The molecule has 1 aliphatic rings. The third-order valence-electron chi connectivity index (χ3n) is 4.28. The van der Waals surface area contributed by atoms with Crippen LogP contribution in [0.2, 0.25) is 10.0 Å². The van der Waals surface area contributed by atoms with E-state index in [1.54, 1.807) is 0 Å². The molecule has 1 fully saturated rings. The Hall–Kier alpha value is -1.60. The van der Waals surface area contributed by atoms with Crippen LogP contribution in [-0.4, -0.2) is 52.7 Å². The van der Waals surface area contributed by atoms with Crippen LogP contribution < -0.4 is 5.32 Å². The molecule has 1 aromatic carbocycles. The van der Waals surface area contributed by atoms with Gasteiger partial charge in [0.2, 0.25) is 0 Å². The van der Waals surface area contributed by atoms with Gasteiger partial charge in [-0.2, -0.15) is 0 Å². The minimum Gasteiger partial charge on any atom is -0.478 e. The Morgan fingerprint density at radius 2 is 1.69 bits per heavy atom. The number of nitrogens with zero attached hydrogens (tertiary/aromatic N) is 1. The van der Waals surface area contributed by atoms with E-state index in [4.69, 9.17) is 33.4 Å². The average molecular weight is 445 g/mol. The number of halogens is 2. The number of carboxylic acids is 2. The van der Waals surface area contributed by atoms with E-state index < -0.39 is 11.9 Å². The summed E-state index contributed by atoms with van der Waals surface area (Å²) in [5.41, 5.74) is 1.41. The zero-order valence-electron chi connectivity index (χ0n) is 17.1. The van der Waals surface area contributed by atoms with E-state index in [0.717, 1.165) is 31.7 Å². The van der Waals surface area contributed by atoms with Crippen molar-refractivity contribution in [1.82, 2.24) is 10.2 Å². The number of hydrogen-bond donors (Lipinski definition) is 3. The van der Waals surface area contributed by atoms with E-state index >= 15 is 0 Å². The lowest BCUT2D eigenvalue weighted by Gasteiger charge is -2.38. The lowest BCUT2D eigenvalue weighted by molar-refractivity contribution is -0.134. The van der Waals surface area contributed by atoms with Crippen LogP contribution in [0.1, 0.15) is 39.2 Å². The van der Waals surface area contributed by atoms with Crippen LogP contribution in [0.5, 0.6) is 0 Å². The average Bonchev–Trinajstić information content (AvgIpc) is 2.63. The van der Waals surface area contributed by atoms with E-state index in [-0.39, 0.29) is 5.41 Å². The van der Waals surface area contributed by atoms with Crippen molar-refractivity contribution >= 4 is 35.1 Å². The maximum Gasteiger partial charge on any atom is 0.328 e. The molecule has 8 heteroatoms. The molecule has 1 aromatic rings. The van der Waals surface area contributed by atoms with Crippen LogP contribution in [0.25, 0.3) is 0 Å². The fraction of sp³-hybridized carbons (Fsp3) is 0.524. The van der Waals surface area contributed by atoms with Gasteiger partial charge in [-0.15, -0.1) is 0 Å². The molecule has 0 bridgehead atoms. The maximum absolute atomic E-state index is 9.55. The molecule has 1 heterocycles. The van der Waals surface area contributed by atoms with E-state index in [0.29, 0.717) is 28.2 Å². The van der Waals surface area contributed by atoms with Gasteiger partial charge in [0.05, 0.1) is 10.0 Å². The largest absolute Gasteiger partial charge is 0.478 e. The SMILES string of the molecule is CC(C)(C)CN(Cc1cccc(Cl)c1Cl)C1CCNCC1.O=C(O)/C=C/C(=O)O. The summed E-state index contributed by atoms with van der Waals surface area (Å²) in [5.74, 6) is -2.51. The van der Waals surface area contributed by atoms with E-state index in [1.807, 2.05) is 12.1 Å². The molecular weight excluding hydrogens is 415 g/mol. The van der Waals surface area contributed by atoms with Gasteiger partial charge in [-0.25, -0.2) is 9.59 Å². The Kier molecular flexibility index (Phi) is 10.7. The second-order valence-corrected chi connectivity index (χ2v) is 8.95. The topological polar surface area (TPSA) is 89.9 Å². The van der Waals surface area contributed by atoms with Gasteiger partial charge in [0.25, 0.3) is 0 Å². The van der Waals surface area contributed by atoms with Gasteiger partial charge in [0.1, 0.15) is 0 Å². The Balaban J connectivity index is 0.000000447. The molecule has 3 N–H and O–H groups in total. The predicted molar refractivity (Wildman–Crippen MR) is 117 cm³/mol. The molecule has 0 spiro atoms. The van der Waals surface area contributed by atoms with Crippen molar-refractivity contribution in [2.45, 2.75) is 46.2 Å². The maximum atomic E-state index is 9.55. The number of carbonyl (C=O) groups is 2. The first kappa shape index (κ1) is 25.4. The van der Waals surface area contributed by atoms with Gasteiger partial charge in [-0.1, -0.05) is 56.1 Å². The molecule has 0 amide bonds. The molecule has 0 aliphatic carbocycles. The van der Waals surface area contributed by atoms with Crippen LogP contribution in [-0.2, 0) is 16.1 Å². The van der Waals surface area contributed by atoms with Gasteiger partial charge >= 0.3 is 11.9 Å². The number of carboxylic acid groups (broad SMARTS) is 2. The van der Waals surface area contributed by atoms with Crippen LogP contribution in [0.15, 0.2) is 30.4 Å². The Bertz CT molecular complexity index is 695. The third kappa shape index (κ3) is 10.7. The van der Waals surface area contributed by atoms with Crippen molar-refractivity contribution < 1.29 is 19.8 Å². The molecule has 0 unspecified atom stereocenters.